The Labute approximate surface area is 87.9 Å². The van der Waals surface area contributed by atoms with Gasteiger partial charge in [0.1, 0.15) is 0 Å². The van der Waals surface area contributed by atoms with Gasteiger partial charge in [0.15, 0.2) is 0 Å². The molecule has 0 aromatic rings. The maximum atomic E-state index is 11.3. The van der Waals surface area contributed by atoms with Crippen molar-refractivity contribution in [2.75, 3.05) is 0 Å². The van der Waals surface area contributed by atoms with Crippen molar-refractivity contribution < 1.29 is 9.59 Å². The van der Waals surface area contributed by atoms with Gasteiger partial charge in [0.2, 0.25) is 11.8 Å². The lowest BCUT2D eigenvalue weighted by molar-refractivity contribution is -0.139. The average molecular weight is 217 g/mol. The van der Waals surface area contributed by atoms with Crippen molar-refractivity contribution in [2.45, 2.75) is 32.2 Å². The molecule has 1 aliphatic rings. The molecule has 0 radical (unpaired) electrons. The van der Waals surface area contributed by atoms with Crippen LogP contribution in [0.2, 0.25) is 0 Å². The minimum Gasteiger partial charge on any atom is -0.274 e. The lowest BCUT2D eigenvalue weighted by Gasteiger charge is -2.23. The van der Waals surface area contributed by atoms with Gasteiger partial charge in [-0.05, 0) is 6.42 Å². The van der Waals surface area contributed by atoms with Crippen LogP contribution in [0.4, 0.5) is 0 Å². The second-order valence-corrected chi connectivity index (χ2v) is 4.14. The van der Waals surface area contributed by atoms with Crippen molar-refractivity contribution >= 4 is 40.9 Å². The van der Waals surface area contributed by atoms with E-state index in [1.54, 1.807) is 0 Å². The van der Waals surface area contributed by atoms with E-state index in [0.29, 0.717) is 23.5 Å². The summed E-state index contributed by atoms with van der Waals surface area (Å²) in [4.78, 5) is 23.8. The van der Waals surface area contributed by atoms with Gasteiger partial charge in [0.05, 0.1) is 10.2 Å². The summed E-state index contributed by atoms with van der Waals surface area (Å²) < 4.78 is 0.408. The molecule has 0 saturated carbocycles. The fourth-order valence-corrected chi connectivity index (χ4v) is 1.98. The second-order valence-electron chi connectivity index (χ2n) is 2.92. The highest BCUT2D eigenvalue weighted by atomic mass is 32.1. The summed E-state index contributed by atoms with van der Waals surface area (Å²) in [7, 11) is 0. The van der Waals surface area contributed by atoms with Crippen molar-refractivity contribution in [3.63, 3.8) is 0 Å². The van der Waals surface area contributed by atoms with E-state index >= 15 is 0 Å². The van der Waals surface area contributed by atoms with Gasteiger partial charge < -0.3 is 0 Å². The second kappa shape index (κ2) is 4.19. The number of carbonyl (C=O) groups is 2. The van der Waals surface area contributed by atoms with Gasteiger partial charge in [-0.1, -0.05) is 19.1 Å². The summed E-state index contributed by atoms with van der Waals surface area (Å²) in [5.74, 6) is -0.262. The van der Waals surface area contributed by atoms with Crippen molar-refractivity contribution in [3.8, 4) is 0 Å². The van der Waals surface area contributed by atoms with Crippen LogP contribution in [0.5, 0.6) is 0 Å². The first kappa shape index (κ1) is 10.7. The lowest BCUT2D eigenvalue weighted by Crippen LogP contribution is -2.41. The van der Waals surface area contributed by atoms with Crippen LogP contribution in [0, 0.1) is 0 Å². The van der Waals surface area contributed by atoms with E-state index in [4.69, 9.17) is 12.2 Å². The Hall–Kier alpha value is -0.420. The van der Waals surface area contributed by atoms with Crippen LogP contribution in [0.3, 0.4) is 0 Å². The molecule has 13 heavy (non-hydrogen) atoms. The number of carbonyl (C=O) groups excluding carboxylic acids is 2. The fraction of sp³-hybridized carbons (Fsp3) is 0.625. The van der Waals surface area contributed by atoms with Crippen molar-refractivity contribution in [1.82, 2.24) is 4.90 Å². The summed E-state index contributed by atoms with van der Waals surface area (Å²) in [6, 6.07) is -0.305. The Morgan fingerprint density at radius 3 is 2.31 bits per heavy atom. The number of amides is 2. The number of nitrogens with zero attached hydrogens (tertiary/aromatic N) is 1. The third-order valence-corrected chi connectivity index (χ3v) is 2.64. The quantitative estimate of drug-likeness (QED) is 0.438. The smallest absolute Gasteiger partial charge is 0.230 e. The molecule has 0 N–H and O–H groups in total. The molecule has 1 unspecified atom stereocenters. The van der Waals surface area contributed by atoms with Crippen LogP contribution >= 0.6 is 24.8 Å². The molecule has 5 heteroatoms. The average Bonchev–Trinajstić information content (AvgIpc) is 2.36. The molecule has 1 fully saturated rings. The van der Waals surface area contributed by atoms with E-state index in [0.717, 1.165) is 0 Å². The monoisotopic (exact) mass is 217 g/mol. The number of rotatable bonds is 3. The zero-order valence-electron chi connectivity index (χ0n) is 7.32. The molecule has 72 valence electrons. The van der Waals surface area contributed by atoms with E-state index in [2.05, 4.69) is 12.6 Å². The maximum Gasteiger partial charge on any atom is 0.230 e. The molecule has 0 aromatic heterocycles. The minimum absolute atomic E-state index is 0.131. The van der Waals surface area contributed by atoms with Gasteiger partial charge >= 0.3 is 0 Å². The molecule has 1 atom stereocenters. The zero-order valence-corrected chi connectivity index (χ0v) is 9.03. The molecule has 3 nitrogen and oxygen atoms in total. The Morgan fingerprint density at radius 2 is 2.00 bits per heavy atom. The highest BCUT2D eigenvalue weighted by Gasteiger charge is 2.35. The van der Waals surface area contributed by atoms with Gasteiger partial charge in [0, 0.05) is 12.8 Å². The molecular weight excluding hydrogens is 206 g/mol. The van der Waals surface area contributed by atoms with Crippen molar-refractivity contribution in [3.05, 3.63) is 0 Å². The summed E-state index contributed by atoms with van der Waals surface area (Å²) in [5, 5.41) is 0. The molecule has 1 aliphatic heterocycles. The molecule has 1 saturated heterocycles. The molecular formula is C8H11NO2S2. The van der Waals surface area contributed by atoms with E-state index in [-0.39, 0.29) is 17.9 Å². The predicted molar refractivity (Wildman–Crippen MR) is 56.8 cm³/mol. The minimum atomic E-state index is -0.305. The summed E-state index contributed by atoms with van der Waals surface area (Å²) >= 11 is 8.89. The molecule has 0 spiro atoms. The van der Waals surface area contributed by atoms with Gasteiger partial charge in [-0.3, -0.25) is 14.5 Å². The van der Waals surface area contributed by atoms with Gasteiger partial charge in [0.25, 0.3) is 0 Å². The van der Waals surface area contributed by atoms with Crippen LogP contribution in [0.15, 0.2) is 0 Å². The molecule has 2 amide bonds. The predicted octanol–water partition coefficient (Wildman–Crippen LogP) is 1.17. The maximum absolute atomic E-state index is 11.3. The first-order chi connectivity index (χ1) is 6.07. The topological polar surface area (TPSA) is 37.4 Å². The molecule has 1 heterocycles. The highest BCUT2D eigenvalue weighted by Crippen LogP contribution is 2.19. The van der Waals surface area contributed by atoms with E-state index in [1.165, 1.54) is 4.90 Å². The number of thiocarbonyl (C=S) groups is 1. The molecule has 0 bridgehead atoms. The Kier molecular flexibility index (Phi) is 3.44. The number of hydrogen-bond acceptors (Lipinski definition) is 3. The number of imide groups is 1. The number of likely N-dealkylation sites (tertiary alicyclic amines) is 1. The first-order valence-corrected chi connectivity index (χ1v) is 5.01. The molecule has 0 aromatic carbocycles. The Morgan fingerprint density at radius 1 is 1.54 bits per heavy atom. The van der Waals surface area contributed by atoms with Crippen LogP contribution in [-0.4, -0.2) is 27.0 Å². The molecule has 0 aliphatic carbocycles. The van der Waals surface area contributed by atoms with E-state index in [1.807, 2.05) is 6.92 Å². The van der Waals surface area contributed by atoms with Gasteiger partial charge in [-0.25, -0.2) is 0 Å². The summed E-state index contributed by atoms with van der Waals surface area (Å²) in [6.07, 6.45) is 1.26. The lowest BCUT2D eigenvalue weighted by atomic mass is 10.2. The first-order valence-electron chi connectivity index (χ1n) is 4.15. The summed E-state index contributed by atoms with van der Waals surface area (Å²) in [6.45, 7) is 1.88. The standard InChI is InChI=1S/C8H11NO2S2/c1-2-5(8(12)13)9-6(10)3-4-7(9)11/h5H,2-4H2,1H3,(H,12,13). The Bertz CT molecular complexity index is 249. The zero-order chi connectivity index (χ0) is 10.0. The summed E-state index contributed by atoms with van der Waals surface area (Å²) in [5.41, 5.74) is 0. The normalized spacial score (nSPS) is 19.4. The van der Waals surface area contributed by atoms with Crippen LogP contribution in [0.25, 0.3) is 0 Å². The third-order valence-electron chi connectivity index (χ3n) is 2.07. The molecule has 1 rings (SSSR count). The Balaban J connectivity index is 2.84. The van der Waals surface area contributed by atoms with E-state index < -0.39 is 0 Å². The largest absolute Gasteiger partial charge is 0.274 e. The third kappa shape index (κ3) is 2.08. The van der Waals surface area contributed by atoms with Crippen LogP contribution in [0.1, 0.15) is 26.2 Å². The van der Waals surface area contributed by atoms with Crippen LogP contribution < -0.4 is 0 Å². The SMILES string of the molecule is CCC(C(=S)S)N1C(=O)CCC1=O. The van der Waals surface area contributed by atoms with Gasteiger partial charge in [-0.15, -0.1) is 12.6 Å². The van der Waals surface area contributed by atoms with Crippen LogP contribution in [-0.2, 0) is 9.59 Å². The number of thiol groups is 1. The van der Waals surface area contributed by atoms with Crippen molar-refractivity contribution in [1.29, 1.82) is 0 Å². The fourth-order valence-electron chi connectivity index (χ4n) is 1.41. The highest BCUT2D eigenvalue weighted by molar-refractivity contribution is 8.11. The van der Waals surface area contributed by atoms with E-state index in [9.17, 15) is 9.59 Å². The van der Waals surface area contributed by atoms with Crippen molar-refractivity contribution in [2.24, 2.45) is 0 Å². The van der Waals surface area contributed by atoms with Gasteiger partial charge in [-0.2, -0.15) is 0 Å². The number of hydrogen-bond donors (Lipinski definition) is 1.